The van der Waals surface area contributed by atoms with Crippen LogP contribution in [0, 0.1) is 0 Å². The normalized spacial score (nSPS) is 16.6. The van der Waals surface area contributed by atoms with E-state index in [-0.39, 0.29) is 36.4 Å². The average molecular weight is 398 g/mol. The van der Waals surface area contributed by atoms with Crippen molar-refractivity contribution in [3.8, 4) is 0 Å². The molecule has 2 amide bonds. The highest BCUT2D eigenvalue weighted by molar-refractivity contribution is 7.80. The minimum absolute atomic E-state index is 0.119. The first-order valence-corrected chi connectivity index (χ1v) is 8.97. The molecule has 1 fully saturated rings. The third-order valence-corrected chi connectivity index (χ3v) is 4.37. The van der Waals surface area contributed by atoms with Gasteiger partial charge in [-0.3, -0.25) is 14.4 Å². The van der Waals surface area contributed by atoms with E-state index >= 15 is 0 Å². The molecule has 0 bridgehead atoms. The summed E-state index contributed by atoms with van der Waals surface area (Å²) >= 11 is 11.1. The molecule has 1 aliphatic heterocycles. The molecule has 1 atom stereocenters. The summed E-state index contributed by atoms with van der Waals surface area (Å²) < 4.78 is 4.90. The van der Waals surface area contributed by atoms with E-state index in [1.807, 2.05) is 0 Å². The maximum atomic E-state index is 12.2. The van der Waals surface area contributed by atoms with Crippen LogP contribution in [0.1, 0.15) is 18.9 Å². The Bertz CT molecular complexity index is 696. The number of nitrogens with zero attached hydrogens (tertiary/aromatic N) is 1. The molecule has 1 aromatic rings. The van der Waals surface area contributed by atoms with Crippen LogP contribution in [-0.2, 0) is 25.5 Å². The molecule has 0 aliphatic carbocycles. The van der Waals surface area contributed by atoms with Gasteiger partial charge in [0.2, 0.25) is 11.8 Å². The fourth-order valence-corrected chi connectivity index (χ4v) is 3.02. The van der Waals surface area contributed by atoms with E-state index in [9.17, 15) is 14.4 Å². The topological polar surface area (TPSA) is 87.7 Å². The summed E-state index contributed by atoms with van der Waals surface area (Å²) in [6.45, 7) is 2.70. The Morgan fingerprint density at radius 1 is 1.38 bits per heavy atom. The highest BCUT2D eigenvalue weighted by atomic mass is 35.5. The van der Waals surface area contributed by atoms with Crippen molar-refractivity contribution >= 4 is 46.7 Å². The molecular formula is C17H20ClN3O4S. The smallest absolute Gasteiger partial charge is 0.308 e. The maximum Gasteiger partial charge on any atom is 0.308 e. The molecule has 0 saturated carbocycles. The van der Waals surface area contributed by atoms with Crippen LogP contribution in [0.4, 0.5) is 0 Å². The number of nitrogens with one attached hydrogen (secondary N) is 2. The van der Waals surface area contributed by atoms with Gasteiger partial charge in [0.25, 0.3) is 0 Å². The van der Waals surface area contributed by atoms with Crippen LogP contribution in [0.3, 0.4) is 0 Å². The molecule has 2 N–H and O–H groups in total. The Balaban J connectivity index is 1.98. The van der Waals surface area contributed by atoms with Gasteiger partial charge in [0.05, 0.1) is 19.4 Å². The zero-order chi connectivity index (χ0) is 19.1. The van der Waals surface area contributed by atoms with Crippen molar-refractivity contribution in [3.05, 3.63) is 34.9 Å². The van der Waals surface area contributed by atoms with Gasteiger partial charge < -0.3 is 20.3 Å². The van der Waals surface area contributed by atoms with Gasteiger partial charge in [-0.1, -0.05) is 23.7 Å². The number of rotatable bonds is 5. The summed E-state index contributed by atoms with van der Waals surface area (Å²) in [6, 6.07) is 6.11. The Kier molecular flexibility index (Phi) is 7.35. The zero-order valence-corrected chi connectivity index (χ0v) is 15.9. The van der Waals surface area contributed by atoms with E-state index in [2.05, 4.69) is 10.6 Å². The number of ether oxygens (including phenoxy) is 1. The van der Waals surface area contributed by atoms with E-state index < -0.39 is 12.0 Å². The zero-order valence-electron chi connectivity index (χ0n) is 14.3. The van der Waals surface area contributed by atoms with Gasteiger partial charge >= 0.3 is 5.97 Å². The Labute approximate surface area is 162 Å². The van der Waals surface area contributed by atoms with Gasteiger partial charge in [-0.2, -0.15) is 0 Å². The van der Waals surface area contributed by atoms with Crippen molar-refractivity contribution in [2.45, 2.75) is 25.8 Å². The summed E-state index contributed by atoms with van der Waals surface area (Å²) in [6.07, 6.45) is -0.00719. The van der Waals surface area contributed by atoms with Crippen LogP contribution >= 0.6 is 23.8 Å². The second kappa shape index (κ2) is 9.49. The van der Waals surface area contributed by atoms with Crippen LogP contribution in [0.15, 0.2) is 24.3 Å². The number of hydrogen-bond donors (Lipinski definition) is 2. The second-order valence-corrected chi connectivity index (χ2v) is 6.49. The maximum absolute atomic E-state index is 12.2. The third-order valence-electron chi connectivity index (χ3n) is 3.78. The van der Waals surface area contributed by atoms with Crippen molar-refractivity contribution < 1.29 is 19.1 Å². The summed E-state index contributed by atoms with van der Waals surface area (Å²) in [4.78, 5) is 37.6. The van der Waals surface area contributed by atoms with Crippen molar-refractivity contribution in [2.24, 2.45) is 0 Å². The Hall–Kier alpha value is -2.19. The molecule has 1 saturated heterocycles. The van der Waals surface area contributed by atoms with Gasteiger partial charge in [-0.05, 0) is 36.8 Å². The number of amides is 2. The largest absolute Gasteiger partial charge is 0.466 e. The van der Waals surface area contributed by atoms with Gasteiger partial charge in [-0.15, -0.1) is 0 Å². The van der Waals surface area contributed by atoms with Gasteiger partial charge in [0.1, 0.15) is 6.04 Å². The molecule has 1 heterocycles. The first-order valence-electron chi connectivity index (χ1n) is 8.19. The monoisotopic (exact) mass is 397 g/mol. The molecule has 140 valence electrons. The van der Waals surface area contributed by atoms with Crippen molar-refractivity contribution in [2.75, 3.05) is 19.7 Å². The van der Waals surface area contributed by atoms with Crippen molar-refractivity contribution in [3.63, 3.8) is 0 Å². The number of carbonyl (C=O) groups excluding carboxylic acids is 3. The predicted molar refractivity (Wildman–Crippen MR) is 101 cm³/mol. The molecule has 26 heavy (non-hydrogen) atoms. The lowest BCUT2D eigenvalue weighted by Crippen LogP contribution is -2.60. The number of esters is 1. The summed E-state index contributed by atoms with van der Waals surface area (Å²) in [5, 5.41) is 6.02. The molecule has 2 rings (SSSR count). The van der Waals surface area contributed by atoms with E-state index in [0.717, 1.165) is 5.56 Å². The van der Waals surface area contributed by atoms with E-state index in [4.69, 9.17) is 28.6 Å². The van der Waals surface area contributed by atoms with Gasteiger partial charge in [-0.25, -0.2) is 0 Å². The molecule has 0 radical (unpaired) electrons. The lowest BCUT2D eigenvalue weighted by Gasteiger charge is -2.36. The molecule has 1 aliphatic rings. The number of halogens is 1. The number of carbonyl (C=O) groups is 3. The van der Waals surface area contributed by atoms with Crippen molar-refractivity contribution in [1.82, 2.24) is 15.5 Å². The number of piperazine rings is 1. The summed E-state index contributed by atoms with van der Waals surface area (Å²) in [7, 11) is 0. The highest BCUT2D eigenvalue weighted by Crippen LogP contribution is 2.12. The first kappa shape index (κ1) is 20.1. The second-order valence-electron chi connectivity index (χ2n) is 5.67. The molecular weight excluding hydrogens is 378 g/mol. The Morgan fingerprint density at radius 2 is 2.08 bits per heavy atom. The highest BCUT2D eigenvalue weighted by Gasteiger charge is 2.34. The van der Waals surface area contributed by atoms with Crippen LogP contribution < -0.4 is 10.6 Å². The number of benzene rings is 1. The van der Waals surface area contributed by atoms with E-state index in [1.165, 1.54) is 0 Å². The van der Waals surface area contributed by atoms with Crippen LogP contribution in [0.5, 0.6) is 0 Å². The molecule has 0 unspecified atom stereocenters. The lowest BCUT2D eigenvalue weighted by molar-refractivity contribution is -0.147. The van der Waals surface area contributed by atoms with Crippen LogP contribution in [-0.4, -0.2) is 53.5 Å². The lowest BCUT2D eigenvalue weighted by atomic mass is 10.1. The fourth-order valence-electron chi connectivity index (χ4n) is 2.56. The summed E-state index contributed by atoms with van der Waals surface area (Å²) in [5.41, 5.74) is 0.786. The van der Waals surface area contributed by atoms with Crippen LogP contribution in [0.2, 0.25) is 5.02 Å². The first-order chi connectivity index (χ1) is 12.4. The molecule has 0 spiro atoms. The Morgan fingerprint density at radius 3 is 2.73 bits per heavy atom. The van der Waals surface area contributed by atoms with Crippen molar-refractivity contribution in [1.29, 1.82) is 0 Å². The van der Waals surface area contributed by atoms with Crippen LogP contribution in [0.25, 0.3) is 0 Å². The molecule has 0 aromatic heterocycles. The minimum atomic E-state index is -0.800. The standard InChI is InChI=1S/C17H20ClN3O4S/c1-2-25-15(23)10-13-16(24)19-7-8-21(13)17(26)20-14(22)9-11-3-5-12(18)6-4-11/h3-6,13H,2,7-10H2,1H3,(H,19,24)(H,20,22,26)/t13-/m1/s1. The predicted octanol–water partition coefficient (Wildman–Crippen LogP) is 1.04. The fraction of sp³-hybridized carbons (Fsp3) is 0.412. The van der Waals surface area contributed by atoms with Gasteiger partial charge in [0, 0.05) is 18.1 Å². The molecule has 7 nitrogen and oxygen atoms in total. The van der Waals surface area contributed by atoms with E-state index in [1.54, 1.807) is 36.1 Å². The number of thiocarbonyl (C=S) groups is 1. The minimum Gasteiger partial charge on any atom is -0.466 e. The molecule has 9 heteroatoms. The third kappa shape index (κ3) is 5.67. The summed E-state index contributed by atoms with van der Waals surface area (Å²) in [5.74, 6) is -1.12. The quantitative estimate of drug-likeness (QED) is 0.570. The SMILES string of the molecule is CCOC(=O)C[C@@H]1C(=O)NCCN1C(=S)NC(=O)Cc1ccc(Cl)cc1. The average Bonchev–Trinajstić information content (AvgIpc) is 2.59. The number of hydrogen-bond acceptors (Lipinski definition) is 5. The molecule has 1 aromatic carbocycles. The van der Waals surface area contributed by atoms with E-state index in [0.29, 0.717) is 18.1 Å². The van der Waals surface area contributed by atoms with Gasteiger partial charge in [0.15, 0.2) is 5.11 Å².